The number of halogens is 2. The summed E-state index contributed by atoms with van der Waals surface area (Å²) in [6.07, 6.45) is -0.00424. The second-order valence-corrected chi connectivity index (χ2v) is 6.23. The van der Waals surface area contributed by atoms with Crippen LogP contribution in [0, 0.1) is 17.0 Å². The van der Waals surface area contributed by atoms with E-state index in [4.69, 9.17) is 4.74 Å². The maximum atomic E-state index is 14.2. The molecule has 0 bridgehead atoms. The number of hydrogen-bond donors (Lipinski definition) is 2. The van der Waals surface area contributed by atoms with Crippen molar-refractivity contribution >= 4 is 5.91 Å². The number of nitrogens with zero attached hydrogens (tertiary/aromatic N) is 1. The van der Waals surface area contributed by atoms with Crippen LogP contribution in [0.1, 0.15) is 29.6 Å². The van der Waals surface area contributed by atoms with Crippen LogP contribution in [-0.2, 0) is 0 Å². The number of carbonyl (C=O) groups is 1. The molecule has 1 aromatic rings. The van der Waals surface area contributed by atoms with Gasteiger partial charge < -0.3 is 19.8 Å². The molecule has 1 heterocycles. The first-order valence-corrected chi connectivity index (χ1v) is 7.58. The van der Waals surface area contributed by atoms with Crippen LogP contribution in [0.15, 0.2) is 12.1 Å². The van der Waals surface area contributed by atoms with Crippen molar-refractivity contribution in [1.82, 2.24) is 4.90 Å². The van der Waals surface area contributed by atoms with Crippen molar-refractivity contribution in [2.75, 3.05) is 20.2 Å². The van der Waals surface area contributed by atoms with Crippen LogP contribution in [0.4, 0.5) is 8.78 Å². The van der Waals surface area contributed by atoms with Crippen LogP contribution >= 0.6 is 0 Å². The predicted molar refractivity (Wildman–Crippen MR) is 77.1 cm³/mol. The lowest BCUT2D eigenvalue weighted by Gasteiger charge is -2.54. The summed E-state index contributed by atoms with van der Waals surface area (Å²) < 4.78 is 32.9. The van der Waals surface area contributed by atoms with Gasteiger partial charge in [0.1, 0.15) is 11.4 Å². The number of ether oxygens (including phenoxy) is 1. The van der Waals surface area contributed by atoms with E-state index in [1.807, 2.05) is 0 Å². The van der Waals surface area contributed by atoms with E-state index in [0.29, 0.717) is 19.3 Å². The maximum Gasteiger partial charge on any atom is 0.259 e. The lowest BCUT2D eigenvalue weighted by Crippen LogP contribution is -2.61. The summed E-state index contributed by atoms with van der Waals surface area (Å²) in [5, 5.41) is 19.8. The van der Waals surface area contributed by atoms with Gasteiger partial charge in [-0.2, -0.15) is 0 Å². The van der Waals surface area contributed by atoms with Gasteiger partial charge in [-0.05, 0) is 25.0 Å². The molecule has 0 unspecified atom stereocenters. The second kappa shape index (κ2) is 5.72. The van der Waals surface area contributed by atoms with Gasteiger partial charge >= 0.3 is 0 Å². The van der Waals surface area contributed by atoms with E-state index in [0.717, 1.165) is 12.1 Å². The molecule has 126 valence electrons. The lowest BCUT2D eigenvalue weighted by atomic mass is 9.58. The van der Waals surface area contributed by atoms with E-state index >= 15 is 0 Å². The largest absolute Gasteiger partial charge is 0.494 e. The van der Waals surface area contributed by atoms with Crippen molar-refractivity contribution in [2.24, 2.45) is 5.41 Å². The van der Waals surface area contributed by atoms with Gasteiger partial charge in [-0.25, -0.2) is 8.78 Å². The molecule has 2 atom stereocenters. The summed E-state index contributed by atoms with van der Waals surface area (Å²) >= 11 is 0. The van der Waals surface area contributed by atoms with Crippen molar-refractivity contribution in [3.8, 4) is 5.75 Å². The Balaban J connectivity index is 1.78. The van der Waals surface area contributed by atoms with Gasteiger partial charge in [-0.15, -0.1) is 0 Å². The fraction of sp³-hybridized carbons (Fsp3) is 0.562. The molecular weight excluding hydrogens is 308 g/mol. The smallest absolute Gasteiger partial charge is 0.259 e. The first-order chi connectivity index (χ1) is 10.9. The zero-order valence-corrected chi connectivity index (χ0v) is 12.8. The number of rotatable bonds is 2. The number of methoxy groups -OCH3 is 1. The number of benzene rings is 1. The molecule has 0 aromatic heterocycles. The number of likely N-dealkylation sites (tertiary alicyclic amines) is 1. The van der Waals surface area contributed by atoms with Crippen molar-refractivity contribution in [1.29, 1.82) is 0 Å². The zero-order chi connectivity index (χ0) is 16.8. The van der Waals surface area contributed by atoms with Crippen molar-refractivity contribution in [3.05, 3.63) is 29.3 Å². The van der Waals surface area contributed by atoms with Gasteiger partial charge in [0.15, 0.2) is 11.6 Å². The average Bonchev–Trinajstić information content (AvgIpc) is 2.55. The molecular formula is C16H19F2NO4. The highest BCUT2D eigenvalue weighted by atomic mass is 19.1. The third kappa shape index (κ3) is 2.38. The van der Waals surface area contributed by atoms with Crippen LogP contribution in [0.2, 0.25) is 0 Å². The second-order valence-electron chi connectivity index (χ2n) is 6.23. The molecule has 0 radical (unpaired) electrons. The first-order valence-electron chi connectivity index (χ1n) is 7.58. The van der Waals surface area contributed by atoms with Gasteiger partial charge in [0.25, 0.3) is 5.91 Å². The van der Waals surface area contributed by atoms with Crippen LogP contribution in [-0.4, -0.2) is 53.4 Å². The Labute approximate surface area is 132 Å². The van der Waals surface area contributed by atoms with Gasteiger partial charge in [-0.1, -0.05) is 0 Å². The number of amides is 1. The summed E-state index contributed by atoms with van der Waals surface area (Å²) in [5.41, 5.74) is -1.21. The summed E-state index contributed by atoms with van der Waals surface area (Å²) in [5.74, 6) is -2.87. The van der Waals surface area contributed by atoms with Crippen LogP contribution in [0.3, 0.4) is 0 Å². The molecule has 2 fully saturated rings. The van der Waals surface area contributed by atoms with Crippen molar-refractivity contribution in [3.63, 3.8) is 0 Å². The molecule has 2 N–H and O–H groups in total. The van der Waals surface area contributed by atoms with Crippen LogP contribution < -0.4 is 4.74 Å². The highest BCUT2D eigenvalue weighted by Gasteiger charge is 2.55. The molecule has 7 heteroatoms. The Morgan fingerprint density at radius 1 is 1.26 bits per heavy atom. The number of carbonyl (C=O) groups excluding carboxylic acids is 1. The van der Waals surface area contributed by atoms with E-state index < -0.39 is 40.7 Å². The SMILES string of the molecule is COc1ccc(F)c(C(=O)N2CCC3(CC2)[C@H](O)C[C@@H]3O)c1F. The quantitative estimate of drug-likeness (QED) is 0.860. The zero-order valence-electron chi connectivity index (χ0n) is 12.8. The lowest BCUT2D eigenvalue weighted by molar-refractivity contribution is -0.187. The maximum absolute atomic E-state index is 14.2. The molecule has 3 rings (SSSR count). The first kappa shape index (κ1) is 16.1. The molecule has 1 aliphatic carbocycles. The number of hydrogen-bond acceptors (Lipinski definition) is 4. The van der Waals surface area contributed by atoms with Crippen LogP contribution in [0.5, 0.6) is 5.75 Å². The molecule has 1 amide bonds. The standard InChI is InChI=1S/C16H19F2NO4/c1-23-10-3-2-9(17)13(14(10)18)15(22)19-6-4-16(5-7-19)11(20)8-12(16)21/h2-3,11-12,20-21H,4-8H2,1H3/t11-,12+. The Morgan fingerprint density at radius 2 is 1.87 bits per heavy atom. The Kier molecular flexibility index (Phi) is 4.01. The third-order valence-corrected chi connectivity index (χ3v) is 5.24. The van der Waals surface area contributed by atoms with Crippen LogP contribution in [0.25, 0.3) is 0 Å². The molecule has 1 saturated carbocycles. The van der Waals surface area contributed by atoms with Gasteiger partial charge in [0.2, 0.25) is 0 Å². The minimum Gasteiger partial charge on any atom is -0.494 e. The number of aliphatic hydroxyl groups is 2. The van der Waals surface area contributed by atoms with Crippen molar-refractivity contribution in [2.45, 2.75) is 31.5 Å². The molecule has 1 spiro atoms. The Bertz CT molecular complexity index is 619. The summed E-state index contributed by atoms with van der Waals surface area (Å²) in [6.45, 7) is 0.478. The van der Waals surface area contributed by atoms with Gasteiger partial charge in [0, 0.05) is 24.9 Å². The molecule has 2 aliphatic rings. The Hall–Kier alpha value is -1.73. The van der Waals surface area contributed by atoms with E-state index in [-0.39, 0.29) is 18.8 Å². The average molecular weight is 327 g/mol. The van der Waals surface area contributed by atoms with E-state index in [1.54, 1.807) is 0 Å². The number of aliphatic hydroxyl groups excluding tert-OH is 2. The minimum atomic E-state index is -1.01. The van der Waals surface area contributed by atoms with Crippen molar-refractivity contribution < 1.29 is 28.5 Å². The highest BCUT2D eigenvalue weighted by molar-refractivity contribution is 5.95. The number of piperidine rings is 1. The molecule has 5 nitrogen and oxygen atoms in total. The molecule has 1 saturated heterocycles. The monoisotopic (exact) mass is 327 g/mol. The predicted octanol–water partition coefficient (Wildman–Crippen LogP) is 1.32. The Morgan fingerprint density at radius 3 is 2.39 bits per heavy atom. The molecule has 1 aromatic carbocycles. The molecule has 1 aliphatic heterocycles. The summed E-state index contributed by atoms with van der Waals surface area (Å²) in [4.78, 5) is 13.8. The van der Waals surface area contributed by atoms with E-state index in [1.165, 1.54) is 12.0 Å². The van der Waals surface area contributed by atoms with Gasteiger partial charge in [-0.3, -0.25) is 4.79 Å². The topological polar surface area (TPSA) is 70.0 Å². The third-order valence-electron chi connectivity index (χ3n) is 5.24. The summed E-state index contributed by atoms with van der Waals surface area (Å²) in [6, 6.07) is 2.13. The van der Waals surface area contributed by atoms with E-state index in [2.05, 4.69) is 0 Å². The fourth-order valence-corrected chi connectivity index (χ4v) is 3.58. The van der Waals surface area contributed by atoms with Gasteiger partial charge in [0.05, 0.1) is 19.3 Å². The minimum absolute atomic E-state index is 0.187. The molecule has 23 heavy (non-hydrogen) atoms. The van der Waals surface area contributed by atoms with E-state index in [9.17, 15) is 23.8 Å². The summed E-state index contributed by atoms with van der Waals surface area (Å²) in [7, 11) is 1.24. The fourth-order valence-electron chi connectivity index (χ4n) is 3.58. The highest BCUT2D eigenvalue weighted by Crippen LogP contribution is 2.49. The normalized spacial score (nSPS) is 26.0.